The summed E-state index contributed by atoms with van der Waals surface area (Å²) >= 11 is 0. The first kappa shape index (κ1) is 30.1. The van der Waals surface area contributed by atoms with Gasteiger partial charge in [0.15, 0.2) is 9.84 Å². The van der Waals surface area contributed by atoms with Crippen molar-refractivity contribution in [1.29, 1.82) is 0 Å². The van der Waals surface area contributed by atoms with Gasteiger partial charge in [0.2, 0.25) is 0 Å². The Balaban J connectivity index is 1.65. The number of ether oxygens (including phenoxy) is 1. The average Bonchev–Trinajstić information content (AvgIpc) is 2.89. The van der Waals surface area contributed by atoms with Crippen molar-refractivity contribution in [2.75, 3.05) is 19.0 Å². The highest BCUT2D eigenvalue weighted by Gasteiger charge is 2.13. The number of aliphatic hydroxyl groups is 1. The average molecular weight is 515 g/mol. The van der Waals surface area contributed by atoms with Crippen molar-refractivity contribution in [2.24, 2.45) is 0 Å². The molecule has 0 bridgehead atoms. The normalized spacial score (nSPS) is 11.8. The molecule has 2 aromatic rings. The monoisotopic (exact) mass is 514 g/mol. The molecule has 4 nitrogen and oxygen atoms in total. The Bertz CT molecular complexity index is 947. The fourth-order valence-electron chi connectivity index (χ4n) is 4.16. The van der Waals surface area contributed by atoms with Gasteiger partial charge in [-0.3, -0.25) is 0 Å². The lowest BCUT2D eigenvalue weighted by Gasteiger charge is -2.06. The van der Waals surface area contributed by atoms with E-state index in [2.05, 4.69) is 6.92 Å². The molecule has 0 aromatic heterocycles. The zero-order valence-electron chi connectivity index (χ0n) is 22.2. The number of aliphatic hydroxyl groups excluding tert-OH is 1. The van der Waals surface area contributed by atoms with Crippen molar-refractivity contribution in [2.45, 2.75) is 95.3 Å². The minimum absolute atomic E-state index is 0.125. The topological polar surface area (TPSA) is 63.6 Å². The van der Waals surface area contributed by atoms with E-state index in [1.54, 1.807) is 12.1 Å². The van der Waals surface area contributed by atoms with E-state index in [1.165, 1.54) is 57.8 Å². The van der Waals surface area contributed by atoms with Crippen LogP contribution in [0.1, 0.15) is 102 Å². The highest BCUT2D eigenvalue weighted by atomic mass is 32.2. The first-order chi connectivity index (χ1) is 17.5. The van der Waals surface area contributed by atoms with E-state index in [4.69, 9.17) is 9.84 Å². The van der Waals surface area contributed by atoms with Crippen LogP contribution in [0.4, 0.5) is 0 Å². The van der Waals surface area contributed by atoms with Crippen LogP contribution in [0, 0.1) is 0 Å². The molecule has 36 heavy (non-hydrogen) atoms. The van der Waals surface area contributed by atoms with Gasteiger partial charge in [-0.1, -0.05) is 114 Å². The van der Waals surface area contributed by atoms with Crippen LogP contribution in [0.3, 0.4) is 0 Å². The third-order valence-electron chi connectivity index (χ3n) is 6.43. The molecule has 0 heterocycles. The van der Waals surface area contributed by atoms with Gasteiger partial charge in [-0.25, -0.2) is 8.42 Å². The van der Waals surface area contributed by atoms with Gasteiger partial charge >= 0.3 is 0 Å². The van der Waals surface area contributed by atoms with Gasteiger partial charge in [-0.2, -0.15) is 0 Å². The quantitative estimate of drug-likeness (QED) is 0.143. The highest BCUT2D eigenvalue weighted by molar-refractivity contribution is 7.91. The molecule has 0 spiro atoms. The van der Waals surface area contributed by atoms with Gasteiger partial charge in [0.1, 0.15) is 5.75 Å². The van der Waals surface area contributed by atoms with Crippen molar-refractivity contribution < 1.29 is 18.3 Å². The third-order valence-corrected chi connectivity index (χ3v) is 8.24. The Morgan fingerprint density at radius 3 is 1.64 bits per heavy atom. The summed E-state index contributed by atoms with van der Waals surface area (Å²) in [6.45, 7) is 2.88. The predicted molar refractivity (Wildman–Crippen MR) is 152 cm³/mol. The van der Waals surface area contributed by atoms with Crippen LogP contribution in [-0.4, -0.2) is 32.5 Å². The maximum atomic E-state index is 12.7. The first-order valence-electron chi connectivity index (χ1n) is 13.9. The lowest BCUT2D eigenvalue weighted by molar-refractivity contribution is 0.233. The smallest absolute Gasteiger partial charge is 0.178 e. The van der Waals surface area contributed by atoms with Gasteiger partial charge in [0, 0.05) is 13.0 Å². The summed E-state index contributed by atoms with van der Waals surface area (Å²) in [7, 11) is -3.22. The highest BCUT2D eigenvalue weighted by Crippen LogP contribution is 2.18. The molecule has 0 unspecified atom stereocenters. The van der Waals surface area contributed by atoms with Gasteiger partial charge in [0.05, 0.1) is 17.3 Å². The number of rotatable bonds is 20. The standard InChI is InChI=1S/C31H46O4S/c1-2-3-4-5-6-7-8-9-10-11-12-13-27-36(33,34)31-23-19-29(20-24-31)16-15-28-17-21-30(22-18-28)35-26-14-25-32/h15-24,32H,2-14,25-27H2,1H3/b16-15+. The van der Waals surface area contributed by atoms with E-state index in [9.17, 15) is 8.42 Å². The molecule has 2 aromatic carbocycles. The molecule has 200 valence electrons. The van der Waals surface area contributed by atoms with Crippen LogP contribution >= 0.6 is 0 Å². The Morgan fingerprint density at radius 2 is 1.14 bits per heavy atom. The molecular weight excluding hydrogens is 468 g/mol. The van der Waals surface area contributed by atoms with Crippen LogP contribution in [0.15, 0.2) is 53.4 Å². The van der Waals surface area contributed by atoms with E-state index < -0.39 is 9.84 Å². The SMILES string of the molecule is CCCCCCCCCCCCCCS(=O)(=O)c1ccc(/C=C/c2ccc(OCCCO)cc2)cc1. The van der Waals surface area contributed by atoms with Crippen molar-refractivity contribution in [1.82, 2.24) is 0 Å². The summed E-state index contributed by atoms with van der Waals surface area (Å²) in [5.74, 6) is 1.01. The molecule has 1 N–H and O–H groups in total. The van der Waals surface area contributed by atoms with Crippen molar-refractivity contribution in [3.05, 3.63) is 59.7 Å². The molecule has 0 aliphatic carbocycles. The van der Waals surface area contributed by atoms with E-state index in [0.29, 0.717) is 17.9 Å². The summed E-state index contributed by atoms with van der Waals surface area (Å²) in [4.78, 5) is 0.409. The lowest BCUT2D eigenvalue weighted by Crippen LogP contribution is -2.06. The van der Waals surface area contributed by atoms with Crippen LogP contribution < -0.4 is 4.74 Å². The van der Waals surface area contributed by atoms with E-state index in [1.807, 2.05) is 48.6 Å². The number of benzene rings is 2. The van der Waals surface area contributed by atoms with E-state index >= 15 is 0 Å². The summed E-state index contributed by atoms with van der Waals surface area (Å²) in [6.07, 6.45) is 19.4. The summed E-state index contributed by atoms with van der Waals surface area (Å²) < 4.78 is 30.9. The van der Waals surface area contributed by atoms with Crippen LogP contribution in [0.2, 0.25) is 0 Å². The fourth-order valence-corrected chi connectivity index (χ4v) is 5.53. The number of hydrogen-bond donors (Lipinski definition) is 1. The molecule has 0 radical (unpaired) electrons. The number of unbranched alkanes of at least 4 members (excludes halogenated alkanes) is 11. The molecule has 2 rings (SSSR count). The maximum absolute atomic E-state index is 12.7. The molecule has 0 aliphatic heterocycles. The van der Waals surface area contributed by atoms with Gasteiger partial charge < -0.3 is 9.84 Å². The molecule has 0 saturated heterocycles. The molecule has 0 atom stereocenters. The molecule has 0 saturated carbocycles. The molecule has 0 fully saturated rings. The molecule has 0 aliphatic rings. The summed E-state index contributed by atoms with van der Waals surface area (Å²) in [5.41, 5.74) is 2.00. The third kappa shape index (κ3) is 12.7. The van der Waals surface area contributed by atoms with Crippen LogP contribution in [0.25, 0.3) is 12.2 Å². The Labute approximate surface area is 219 Å². The summed E-state index contributed by atoms with van der Waals surface area (Å²) in [5, 5.41) is 8.82. The second-order valence-corrected chi connectivity index (χ2v) is 11.7. The van der Waals surface area contributed by atoms with Gasteiger partial charge in [-0.15, -0.1) is 0 Å². The number of hydrogen-bond acceptors (Lipinski definition) is 4. The van der Waals surface area contributed by atoms with Crippen molar-refractivity contribution in [3.63, 3.8) is 0 Å². The number of sulfone groups is 1. The second-order valence-electron chi connectivity index (χ2n) is 9.60. The van der Waals surface area contributed by atoms with E-state index in [-0.39, 0.29) is 12.4 Å². The largest absolute Gasteiger partial charge is 0.494 e. The first-order valence-corrected chi connectivity index (χ1v) is 15.5. The molecule has 5 heteroatoms. The molecule has 0 amide bonds. The van der Waals surface area contributed by atoms with E-state index in [0.717, 1.165) is 36.1 Å². The minimum atomic E-state index is -3.22. The second kappa shape index (κ2) is 18.2. The zero-order chi connectivity index (χ0) is 25.9. The lowest BCUT2D eigenvalue weighted by atomic mass is 10.1. The van der Waals surface area contributed by atoms with Gasteiger partial charge in [0.25, 0.3) is 0 Å². The maximum Gasteiger partial charge on any atom is 0.178 e. The van der Waals surface area contributed by atoms with Gasteiger partial charge in [-0.05, 0) is 41.8 Å². The Hall–Kier alpha value is -2.11. The van der Waals surface area contributed by atoms with Crippen LogP contribution in [0.5, 0.6) is 5.75 Å². The Kier molecular flexibility index (Phi) is 15.2. The van der Waals surface area contributed by atoms with Crippen LogP contribution in [-0.2, 0) is 9.84 Å². The minimum Gasteiger partial charge on any atom is -0.494 e. The molecular formula is C31H46O4S. The fraction of sp³-hybridized carbons (Fsp3) is 0.548. The Morgan fingerprint density at radius 1 is 0.667 bits per heavy atom. The summed E-state index contributed by atoms with van der Waals surface area (Å²) in [6, 6.07) is 14.9. The predicted octanol–water partition coefficient (Wildman–Crippen LogP) is 8.09. The zero-order valence-corrected chi connectivity index (χ0v) is 23.0. The van der Waals surface area contributed by atoms with Crippen molar-refractivity contribution >= 4 is 22.0 Å². The van der Waals surface area contributed by atoms with Crippen molar-refractivity contribution in [3.8, 4) is 5.75 Å².